The lowest BCUT2D eigenvalue weighted by molar-refractivity contribution is -0.141. The van der Waals surface area contributed by atoms with Crippen LogP contribution in [-0.4, -0.2) is 28.3 Å². The first kappa shape index (κ1) is 20.7. The van der Waals surface area contributed by atoms with Crippen molar-refractivity contribution in [1.82, 2.24) is 9.78 Å². The van der Waals surface area contributed by atoms with E-state index in [4.69, 9.17) is 21.1 Å². The van der Waals surface area contributed by atoms with Gasteiger partial charge in [0.1, 0.15) is 5.69 Å². The molecule has 3 aromatic rings. The van der Waals surface area contributed by atoms with Crippen molar-refractivity contribution in [3.63, 3.8) is 0 Å². The lowest BCUT2D eigenvalue weighted by Gasteiger charge is -2.12. The summed E-state index contributed by atoms with van der Waals surface area (Å²) in [6.45, 7) is 1.22. The van der Waals surface area contributed by atoms with Crippen molar-refractivity contribution in [3.8, 4) is 17.2 Å². The number of carbonyl (C=O) groups excluding carboxylic acids is 2. The number of hydrogen-bond acceptors (Lipinski definition) is 5. The Morgan fingerprint density at radius 1 is 1.13 bits per heavy atom. The number of alkyl halides is 3. The smallest absolute Gasteiger partial charge is 0.435 e. The van der Waals surface area contributed by atoms with E-state index in [1.165, 1.54) is 31.2 Å². The van der Waals surface area contributed by atoms with E-state index in [9.17, 15) is 22.8 Å². The second-order valence-corrected chi connectivity index (χ2v) is 6.94. The van der Waals surface area contributed by atoms with Gasteiger partial charge in [-0.05, 0) is 25.1 Å². The van der Waals surface area contributed by atoms with Crippen molar-refractivity contribution in [2.45, 2.75) is 13.1 Å². The summed E-state index contributed by atoms with van der Waals surface area (Å²) >= 11 is 6.10. The van der Waals surface area contributed by atoms with Gasteiger partial charge in [0.2, 0.25) is 6.79 Å². The summed E-state index contributed by atoms with van der Waals surface area (Å²) in [4.78, 5) is 25.0. The number of rotatable bonds is 4. The molecule has 7 nitrogen and oxygen atoms in total. The van der Waals surface area contributed by atoms with Gasteiger partial charge in [0.15, 0.2) is 23.0 Å². The molecule has 1 aliphatic heterocycles. The highest BCUT2D eigenvalue weighted by Crippen LogP contribution is 2.38. The van der Waals surface area contributed by atoms with Gasteiger partial charge in [-0.3, -0.25) is 9.59 Å². The molecule has 11 heteroatoms. The third-order valence-electron chi connectivity index (χ3n) is 4.45. The number of amides is 1. The van der Waals surface area contributed by atoms with Crippen LogP contribution in [0.1, 0.15) is 33.5 Å². The molecular weight excluding hydrogens is 439 g/mol. The predicted molar refractivity (Wildman–Crippen MR) is 104 cm³/mol. The lowest BCUT2D eigenvalue weighted by Crippen LogP contribution is -2.18. The number of halogens is 4. The minimum absolute atomic E-state index is 0.0572. The number of anilines is 1. The summed E-state index contributed by atoms with van der Waals surface area (Å²) in [5.41, 5.74) is -1.44. The molecule has 0 radical (unpaired) electrons. The number of benzene rings is 2. The molecule has 4 rings (SSSR count). The van der Waals surface area contributed by atoms with Crippen LogP contribution in [0.2, 0.25) is 5.02 Å². The Bertz CT molecular complexity index is 1210. The molecule has 0 saturated carbocycles. The molecule has 0 fully saturated rings. The van der Waals surface area contributed by atoms with Crippen molar-refractivity contribution in [2.75, 3.05) is 12.1 Å². The predicted octanol–water partition coefficient (Wildman–Crippen LogP) is 4.73. The van der Waals surface area contributed by atoms with Crippen LogP contribution < -0.4 is 14.8 Å². The highest BCUT2D eigenvalue weighted by molar-refractivity contribution is 6.32. The van der Waals surface area contributed by atoms with Gasteiger partial charge in [-0.15, -0.1) is 0 Å². The number of hydrogen-bond donors (Lipinski definition) is 1. The molecule has 1 aliphatic rings. The Balaban J connectivity index is 1.78. The molecule has 0 bridgehead atoms. The number of carbonyl (C=O) groups is 2. The van der Waals surface area contributed by atoms with Crippen molar-refractivity contribution >= 4 is 29.0 Å². The zero-order valence-electron chi connectivity index (χ0n) is 15.8. The van der Waals surface area contributed by atoms with E-state index in [0.717, 1.165) is 4.68 Å². The van der Waals surface area contributed by atoms with Crippen molar-refractivity contribution < 1.29 is 32.2 Å². The molecule has 0 atom stereocenters. The van der Waals surface area contributed by atoms with Crippen molar-refractivity contribution in [1.29, 1.82) is 0 Å². The van der Waals surface area contributed by atoms with Gasteiger partial charge in [0.05, 0.1) is 16.4 Å². The van der Waals surface area contributed by atoms with Gasteiger partial charge in [0, 0.05) is 17.7 Å². The molecule has 0 aliphatic carbocycles. The fraction of sp³-hybridized carbons (Fsp3) is 0.150. The van der Waals surface area contributed by atoms with Gasteiger partial charge >= 0.3 is 6.18 Å². The van der Waals surface area contributed by atoms with E-state index in [1.807, 2.05) is 0 Å². The SMILES string of the molecule is CC(=O)c1cc2c(cc1NC(=O)c1cc(C(F)(F)F)nn1-c1ccccc1Cl)OCO2. The minimum atomic E-state index is -4.79. The van der Waals surface area contributed by atoms with Crippen molar-refractivity contribution in [2.24, 2.45) is 0 Å². The first-order valence-corrected chi connectivity index (χ1v) is 9.21. The van der Waals surface area contributed by atoms with Crippen LogP contribution in [0.5, 0.6) is 11.5 Å². The van der Waals surface area contributed by atoms with E-state index < -0.39 is 23.5 Å². The molecule has 160 valence electrons. The first-order chi connectivity index (χ1) is 14.6. The number of fused-ring (bicyclic) bond motifs is 1. The summed E-state index contributed by atoms with van der Waals surface area (Å²) < 4.78 is 51.2. The Labute approximate surface area is 178 Å². The van der Waals surface area contributed by atoms with Gasteiger partial charge < -0.3 is 14.8 Å². The Morgan fingerprint density at radius 3 is 2.45 bits per heavy atom. The number of Topliss-reactive ketones (excluding diaryl/α,β-unsaturated/α-hetero) is 1. The van der Waals surface area contributed by atoms with Crippen LogP contribution in [0.15, 0.2) is 42.5 Å². The fourth-order valence-electron chi connectivity index (χ4n) is 3.01. The summed E-state index contributed by atoms with van der Waals surface area (Å²) in [6.07, 6.45) is -4.79. The standard InChI is InChI=1S/C20H13ClF3N3O4/c1-10(28)11-6-16-17(31-9-30-16)7-13(11)25-19(29)15-8-18(20(22,23)24)26-27(15)14-5-3-2-4-12(14)21/h2-8H,9H2,1H3,(H,25,29). The number of ketones is 1. The number of nitrogens with zero attached hydrogens (tertiary/aromatic N) is 2. The number of para-hydroxylation sites is 1. The highest BCUT2D eigenvalue weighted by atomic mass is 35.5. The average Bonchev–Trinajstić information content (AvgIpc) is 3.34. The molecule has 1 N–H and O–H groups in total. The Hall–Kier alpha value is -3.53. The normalized spacial score (nSPS) is 12.7. The molecule has 1 aromatic heterocycles. The number of nitrogens with one attached hydrogen (secondary N) is 1. The third kappa shape index (κ3) is 3.93. The van der Waals surface area contributed by atoms with Gasteiger partial charge in [0.25, 0.3) is 5.91 Å². The first-order valence-electron chi connectivity index (χ1n) is 8.83. The Morgan fingerprint density at radius 2 is 1.81 bits per heavy atom. The van der Waals surface area contributed by atoms with E-state index in [2.05, 4.69) is 10.4 Å². The number of aromatic nitrogens is 2. The minimum Gasteiger partial charge on any atom is -0.454 e. The highest BCUT2D eigenvalue weighted by Gasteiger charge is 2.36. The molecule has 1 amide bonds. The Kier molecular flexibility index (Phi) is 5.10. The van der Waals surface area contributed by atoms with Crippen LogP contribution in [0.3, 0.4) is 0 Å². The molecule has 2 aromatic carbocycles. The van der Waals surface area contributed by atoms with E-state index in [-0.39, 0.29) is 40.3 Å². The quantitative estimate of drug-likeness (QED) is 0.580. The van der Waals surface area contributed by atoms with Gasteiger partial charge in [-0.25, -0.2) is 4.68 Å². The van der Waals surface area contributed by atoms with Crippen LogP contribution >= 0.6 is 11.6 Å². The lowest BCUT2D eigenvalue weighted by atomic mass is 10.1. The summed E-state index contributed by atoms with van der Waals surface area (Å²) in [6, 6.07) is 9.39. The van der Waals surface area contributed by atoms with E-state index in [0.29, 0.717) is 11.8 Å². The van der Waals surface area contributed by atoms with Crippen LogP contribution in [0.4, 0.5) is 18.9 Å². The molecule has 2 heterocycles. The van der Waals surface area contributed by atoms with Gasteiger partial charge in [-0.2, -0.15) is 18.3 Å². The average molecular weight is 452 g/mol. The monoisotopic (exact) mass is 451 g/mol. The molecule has 0 saturated heterocycles. The maximum Gasteiger partial charge on any atom is 0.435 e. The second-order valence-electron chi connectivity index (χ2n) is 6.54. The third-order valence-corrected chi connectivity index (χ3v) is 4.77. The van der Waals surface area contributed by atoms with Crippen LogP contribution in [-0.2, 0) is 6.18 Å². The molecule has 31 heavy (non-hydrogen) atoms. The maximum atomic E-state index is 13.3. The number of ether oxygens (including phenoxy) is 2. The molecular formula is C20H13ClF3N3O4. The van der Waals surface area contributed by atoms with Gasteiger partial charge in [-0.1, -0.05) is 23.7 Å². The summed E-state index contributed by atoms with van der Waals surface area (Å²) in [5, 5.41) is 6.09. The largest absolute Gasteiger partial charge is 0.454 e. The van der Waals surface area contributed by atoms with E-state index >= 15 is 0 Å². The summed E-state index contributed by atoms with van der Waals surface area (Å²) in [7, 11) is 0. The van der Waals surface area contributed by atoms with E-state index in [1.54, 1.807) is 12.1 Å². The van der Waals surface area contributed by atoms with Crippen LogP contribution in [0.25, 0.3) is 5.69 Å². The zero-order chi connectivity index (χ0) is 22.3. The second kappa shape index (κ2) is 7.62. The summed E-state index contributed by atoms with van der Waals surface area (Å²) in [5.74, 6) is -0.701. The van der Waals surface area contributed by atoms with Crippen LogP contribution in [0, 0.1) is 0 Å². The topological polar surface area (TPSA) is 82.5 Å². The van der Waals surface area contributed by atoms with Crippen molar-refractivity contribution in [3.05, 3.63) is 64.4 Å². The zero-order valence-corrected chi connectivity index (χ0v) is 16.5. The maximum absolute atomic E-state index is 13.3. The fourth-order valence-corrected chi connectivity index (χ4v) is 3.23. The molecule has 0 spiro atoms. The molecule has 0 unspecified atom stereocenters.